The van der Waals surface area contributed by atoms with Gasteiger partial charge in [-0.3, -0.25) is 4.79 Å². The van der Waals surface area contributed by atoms with Gasteiger partial charge in [0.05, 0.1) is 23.6 Å². The van der Waals surface area contributed by atoms with E-state index in [1.807, 2.05) is 6.07 Å². The Morgan fingerprint density at radius 1 is 1.24 bits per heavy atom. The van der Waals surface area contributed by atoms with Gasteiger partial charge in [0.2, 0.25) is 11.7 Å². The van der Waals surface area contributed by atoms with Gasteiger partial charge in [-0.1, -0.05) is 0 Å². The molecule has 11 heteroatoms. The topological polar surface area (TPSA) is 121 Å². The van der Waals surface area contributed by atoms with Crippen LogP contribution in [0.15, 0.2) is 30.7 Å². The third-order valence-electron chi connectivity index (χ3n) is 3.66. The molecule has 3 aromatic rings. The van der Waals surface area contributed by atoms with Crippen LogP contribution in [0.2, 0.25) is 0 Å². The summed E-state index contributed by atoms with van der Waals surface area (Å²) >= 11 is 0. The lowest BCUT2D eigenvalue weighted by Gasteiger charge is -2.15. The number of halogens is 2. The molecular formula is C18H16F2N8O. The first kappa shape index (κ1) is 19.8. The van der Waals surface area contributed by atoms with Gasteiger partial charge in [0.1, 0.15) is 23.4 Å². The molecule has 0 aliphatic heterocycles. The number of nitrogens with zero attached hydrogens (tertiary/aromatic N) is 6. The predicted octanol–water partition coefficient (Wildman–Crippen LogP) is 3.05. The minimum absolute atomic E-state index is 0.128. The van der Waals surface area contributed by atoms with Gasteiger partial charge in [-0.2, -0.15) is 19.1 Å². The van der Waals surface area contributed by atoms with Gasteiger partial charge in [-0.05, 0) is 6.92 Å². The van der Waals surface area contributed by atoms with Crippen LogP contribution >= 0.6 is 0 Å². The van der Waals surface area contributed by atoms with Crippen LogP contribution in [-0.4, -0.2) is 30.6 Å². The van der Waals surface area contributed by atoms with Gasteiger partial charge in [0.25, 0.3) is 0 Å². The zero-order valence-electron chi connectivity index (χ0n) is 15.7. The van der Waals surface area contributed by atoms with Crippen LogP contribution < -0.4 is 10.6 Å². The molecule has 0 aromatic carbocycles. The maximum atomic E-state index is 13.7. The third kappa shape index (κ3) is 4.67. The lowest BCUT2D eigenvalue weighted by atomic mass is 10.3. The number of aromatic nitrogens is 5. The van der Waals surface area contributed by atoms with Crippen LogP contribution in [0.25, 0.3) is 5.69 Å². The number of rotatable bonds is 5. The molecule has 29 heavy (non-hydrogen) atoms. The Labute approximate surface area is 164 Å². The maximum Gasteiger partial charge on any atom is 0.303 e. The standard InChI is InChI=1S/C18H16F2N8O/c1-10-4-16(27-17(24-10)18(3,19)20)26-13-5-15(25-11(2)29)22-8-14(13)28-9-12(6-21)7-23-28/h4-5,7-9H,1-3H3,(H2,22,24,25,26,27,29). The minimum atomic E-state index is -3.21. The molecule has 0 fully saturated rings. The van der Waals surface area contributed by atoms with Gasteiger partial charge in [0.15, 0.2) is 0 Å². The van der Waals surface area contributed by atoms with E-state index in [9.17, 15) is 13.6 Å². The van der Waals surface area contributed by atoms with E-state index in [0.717, 1.165) is 0 Å². The largest absolute Gasteiger partial charge is 0.338 e. The zero-order valence-corrected chi connectivity index (χ0v) is 15.7. The van der Waals surface area contributed by atoms with Crippen molar-refractivity contribution in [1.82, 2.24) is 24.7 Å². The van der Waals surface area contributed by atoms with Crippen molar-refractivity contribution in [2.45, 2.75) is 26.7 Å². The lowest BCUT2D eigenvalue weighted by Crippen LogP contribution is -2.15. The summed E-state index contributed by atoms with van der Waals surface area (Å²) in [5.74, 6) is -3.79. The summed E-state index contributed by atoms with van der Waals surface area (Å²) in [4.78, 5) is 23.1. The van der Waals surface area contributed by atoms with Gasteiger partial charge >= 0.3 is 5.92 Å². The molecule has 3 rings (SSSR count). The van der Waals surface area contributed by atoms with Crippen LogP contribution in [0.4, 0.5) is 26.1 Å². The molecule has 3 heterocycles. The van der Waals surface area contributed by atoms with E-state index in [4.69, 9.17) is 5.26 Å². The Morgan fingerprint density at radius 2 is 2.00 bits per heavy atom. The number of amides is 1. The molecule has 0 bridgehead atoms. The summed E-state index contributed by atoms with van der Waals surface area (Å²) < 4.78 is 28.8. The predicted molar refractivity (Wildman–Crippen MR) is 100.0 cm³/mol. The highest BCUT2D eigenvalue weighted by Crippen LogP contribution is 2.28. The van der Waals surface area contributed by atoms with Gasteiger partial charge < -0.3 is 10.6 Å². The number of hydrogen-bond donors (Lipinski definition) is 2. The molecule has 9 nitrogen and oxygen atoms in total. The Balaban J connectivity index is 2.07. The highest BCUT2D eigenvalue weighted by atomic mass is 19.3. The monoisotopic (exact) mass is 398 g/mol. The fourth-order valence-corrected chi connectivity index (χ4v) is 2.46. The van der Waals surface area contributed by atoms with Crippen molar-refractivity contribution in [3.8, 4) is 11.8 Å². The van der Waals surface area contributed by atoms with Crippen molar-refractivity contribution in [2.75, 3.05) is 10.6 Å². The maximum absolute atomic E-state index is 13.7. The lowest BCUT2D eigenvalue weighted by molar-refractivity contribution is -0.114. The van der Waals surface area contributed by atoms with E-state index in [1.54, 1.807) is 6.92 Å². The molecule has 0 aliphatic rings. The molecule has 2 N–H and O–H groups in total. The van der Waals surface area contributed by atoms with Crippen molar-refractivity contribution in [2.24, 2.45) is 0 Å². The summed E-state index contributed by atoms with van der Waals surface area (Å²) in [5.41, 5.74) is 1.47. The summed E-state index contributed by atoms with van der Waals surface area (Å²) in [6.45, 7) is 3.62. The van der Waals surface area contributed by atoms with Crippen molar-refractivity contribution in [1.29, 1.82) is 5.26 Å². The van der Waals surface area contributed by atoms with Crippen molar-refractivity contribution in [3.05, 3.63) is 47.8 Å². The Hall–Kier alpha value is -3.94. The van der Waals surface area contributed by atoms with Crippen molar-refractivity contribution in [3.63, 3.8) is 0 Å². The molecule has 148 valence electrons. The number of anilines is 3. The second-order valence-corrected chi connectivity index (χ2v) is 6.28. The molecule has 0 spiro atoms. The Kier molecular flexibility index (Phi) is 5.18. The number of alkyl halides is 2. The van der Waals surface area contributed by atoms with E-state index in [1.165, 1.54) is 42.3 Å². The van der Waals surface area contributed by atoms with E-state index in [2.05, 4.69) is 30.7 Å². The normalized spacial score (nSPS) is 11.0. The average molecular weight is 398 g/mol. The fourth-order valence-electron chi connectivity index (χ4n) is 2.46. The molecule has 0 atom stereocenters. The third-order valence-corrected chi connectivity index (χ3v) is 3.66. The van der Waals surface area contributed by atoms with Gasteiger partial charge in [0, 0.05) is 37.9 Å². The fraction of sp³-hybridized carbons (Fsp3) is 0.222. The second kappa shape index (κ2) is 7.59. The van der Waals surface area contributed by atoms with E-state index >= 15 is 0 Å². The van der Waals surface area contributed by atoms with Gasteiger partial charge in [-0.15, -0.1) is 0 Å². The van der Waals surface area contributed by atoms with Gasteiger partial charge in [-0.25, -0.2) is 19.6 Å². The van der Waals surface area contributed by atoms with Crippen LogP contribution in [-0.2, 0) is 10.7 Å². The van der Waals surface area contributed by atoms with Crippen LogP contribution in [0, 0.1) is 18.3 Å². The van der Waals surface area contributed by atoms with Crippen LogP contribution in [0.1, 0.15) is 30.9 Å². The molecule has 0 saturated carbocycles. The number of carbonyl (C=O) groups is 1. The molecular weight excluding hydrogens is 382 g/mol. The summed E-state index contributed by atoms with van der Waals surface area (Å²) in [5, 5.41) is 18.6. The Morgan fingerprint density at radius 3 is 2.62 bits per heavy atom. The first-order valence-electron chi connectivity index (χ1n) is 8.39. The highest BCUT2D eigenvalue weighted by molar-refractivity contribution is 5.88. The number of pyridine rings is 1. The van der Waals surface area contributed by atoms with Crippen LogP contribution in [0.3, 0.4) is 0 Å². The zero-order chi connectivity index (χ0) is 21.2. The summed E-state index contributed by atoms with van der Waals surface area (Å²) in [6.07, 6.45) is 4.28. The molecule has 0 unspecified atom stereocenters. The van der Waals surface area contributed by atoms with E-state index in [-0.39, 0.29) is 17.5 Å². The van der Waals surface area contributed by atoms with E-state index in [0.29, 0.717) is 29.6 Å². The number of nitrogens with one attached hydrogen (secondary N) is 2. The number of aryl methyl sites for hydroxylation is 1. The summed E-state index contributed by atoms with van der Waals surface area (Å²) in [7, 11) is 0. The van der Waals surface area contributed by atoms with Crippen molar-refractivity contribution < 1.29 is 13.6 Å². The Bertz CT molecular complexity index is 1110. The van der Waals surface area contributed by atoms with Crippen LogP contribution in [0.5, 0.6) is 0 Å². The first-order chi connectivity index (χ1) is 13.7. The van der Waals surface area contributed by atoms with E-state index < -0.39 is 11.7 Å². The molecule has 0 saturated heterocycles. The second-order valence-electron chi connectivity index (χ2n) is 6.28. The number of carbonyl (C=O) groups excluding carboxylic acids is 1. The minimum Gasteiger partial charge on any atom is -0.338 e. The quantitative estimate of drug-likeness (QED) is 0.677. The highest BCUT2D eigenvalue weighted by Gasteiger charge is 2.29. The first-order valence-corrected chi connectivity index (χ1v) is 8.39. The smallest absolute Gasteiger partial charge is 0.303 e. The SMILES string of the molecule is CC(=O)Nc1cc(Nc2cc(C)nc(C(C)(F)F)n2)c(-n2cc(C#N)cn2)cn1. The number of hydrogen-bond acceptors (Lipinski definition) is 7. The van der Waals surface area contributed by atoms with Crippen molar-refractivity contribution >= 4 is 23.2 Å². The molecule has 1 amide bonds. The number of nitriles is 1. The molecule has 0 aliphatic carbocycles. The molecule has 3 aromatic heterocycles. The molecule has 0 radical (unpaired) electrons. The average Bonchev–Trinajstić information content (AvgIpc) is 3.09. The summed E-state index contributed by atoms with van der Waals surface area (Å²) in [6, 6.07) is 4.98.